The molecule has 110 valence electrons. The number of nitrogens with one attached hydrogen (secondary N) is 1. The first kappa shape index (κ1) is 16.6. The average Bonchev–Trinajstić information content (AvgIpc) is 2.43. The first-order valence-corrected chi connectivity index (χ1v) is 7.87. The maximum atomic E-state index is 12.4. The summed E-state index contributed by atoms with van der Waals surface area (Å²) in [4.78, 5) is 23.5. The van der Waals surface area contributed by atoms with Gasteiger partial charge in [0.1, 0.15) is 6.04 Å². The Morgan fingerprint density at radius 1 is 1.30 bits per heavy atom. The van der Waals surface area contributed by atoms with Gasteiger partial charge in [-0.15, -0.1) is 0 Å². The number of carbonyl (C=O) groups excluding carboxylic acids is 1. The molecule has 0 radical (unpaired) electrons. The molecule has 0 saturated heterocycles. The van der Waals surface area contributed by atoms with Crippen LogP contribution in [-0.2, 0) is 15.0 Å². The van der Waals surface area contributed by atoms with Crippen LogP contribution in [0.5, 0.6) is 0 Å². The topological polar surface area (TPSA) is 66.4 Å². The summed E-state index contributed by atoms with van der Waals surface area (Å²) in [6.07, 6.45) is 2.34. The van der Waals surface area contributed by atoms with E-state index in [9.17, 15) is 9.59 Å². The van der Waals surface area contributed by atoms with E-state index in [1.54, 1.807) is 25.6 Å². The van der Waals surface area contributed by atoms with Crippen molar-refractivity contribution in [3.05, 3.63) is 35.9 Å². The van der Waals surface area contributed by atoms with Crippen molar-refractivity contribution in [2.45, 2.75) is 31.7 Å². The molecule has 1 aromatic rings. The van der Waals surface area contributed by atoms with Gasteiger partial charge in [-0.2, -0.15) is 11.8 Å². The van der Waals surface area contributed by atoms with Gasteiger partial charge in [0.05, 0.1) is 5.41 Å². The largest absolute Gasteiger partial charge is 0.480 e. The quantitative estimate of drug-likeness (QED) is 0.810. The van der Waals surface area contributed by atoms with Gasteiger partial charge < -0.3 is 10.4 Å². The second-order valence-electron chi connectivity index (χ2n) is 5.14. The van der Waals surface area contributed by atoms with Gasteiger partial charge in [0.25, 0.3) is 0 Å². The summed E-state index contributed by atoms with van der Waals surface area (Å²) in [5, 5.41) is 11.8. The van der Waals surface area contributed by atoms with Gasteiger partial charge in [-0.1, -0.05) is 30.3 Å². The van der Waals surface area contributed by atoms with Crippen LogP contribution in [-0.4, -0.2) is 35.0 Å². The van der Waals surface area contributed by atoms with E-state index in [2.05, 4.69) is 5.32 Å². The molecule has 0 aromatic heterocycles. The van der Waals surface area contributed by atoms with Crippen LogP contribution in [0.3, 0.4) is 0 Å². The Kier molecular flexibility index (Phi) is 6.07. The zero-order valence-electron chi connectivity index (χ0n) is 12.1. The molecule has 1 aromatic carbocycles. The van der Waals surface area contributed by atoms with E-state index in [1.165, 1.54) is 0 Å². The molecule has 0 aliphatic rings. The Morgan fingerprint density at radius 2 is 1.90 bits per heavy atom. The molecule has 1 amide bonds. The fraction of sp³-hybridized carbons (Fsp3) is 0.467. The SMILES string of the molecule is CSCC[C@@H](NC(=O)C(C)(C)c1ccccc1)C(=O)O. The molecular formula is C15H21NO3S. The highest BCUT2D eigenvalue weighted by Gasteiger charge is 2.32. The van der Waals surface area contributed by atoms with Gasteiger partial charge in [-0.3, -0.25) is 4.79 Å². The Hall–Kier alpha value is -1.49. The van der Waals surface area contributed by atoms with Crippen molar-refractivity contribution in [3.8, 4) is 0 Å². The highest BCUT2D eigenvalue weighted by Crippen LogP contribution is 2.23. The Bertz CT molecular complexity index is 459. The van der Waals surface area contributed by atoms with E-state index in [1.807, 2.05) is 36.6 Å². The van der Waals surface area contributed by atoms with Crippen LogP contribution in [0.1, 0.15) is 25.8 Å². The number of hydrogen-bond acceptors (Lipinski definition) is 3. The van der Waals surface area contributed by atoms with Crippen LogP contribution in [0.15, 0.2) is 30.3 Å². The highest BCUT2D eigenvalue weighted by atomic mass is 32.2. The molecule has 0 spiro atoms. The minimum Gasteiger partial charge on any atom is -0.480 e. The van der Waals surface area contributed by atoms with E-state index >= 15 is 0 Å². The van der Waals surface area contributed by atoms with Crippen LogP contribution < -0.4 is 5.32 Å². The van der Waals surface area contributed by atoms with Crippen LogP contribution in [0.4, 0.5) is 0 Å². The van der Waals surface area contributed by atoms with Gasteiger partial charge in [-0.05, 0) is 37.8 Å². The van der Waals surface area contributed by atoms with E-state index in [-0.39, 0.29) is 5.91 Å². The molecule has 20 heavy (non-hydrogen) atoms. The summed E-state index contributed by atoms with van der Waals surface area (Å²) < 4.78 is 0. The van der Waals surface area contributed by atoms with Crippen molar-refractivity contribution >= 4 is 23.6 Å². The summed E-state index contributed by atoms with van der Waals surface area (Å²) in [7, 11) is 0. The van der Waals surface area contributed by atoms with E-state index in [0.717, 1.165) is 5.56 Å². The van der Waals surface area contributed by atoms with Gasteiger partial charge in [-0.25, -0.2) is 4.79 Å². The van der Waals surface area contributed by atoms with Crippen molar-refractivity contribution in [2.24, 2.45) is 0 Å². The normalized spacial score (nSPS) is 12.8. The van der Waals surface area contributed by atoms with Crippen molar-refractivity contribution in [3.63, 3.8) is 0 Å². The monoisotopic (exact) mass is 295 g/mol. The molecule has 0 fully saturated rings. The van der Waals surface area contributed by atoms with Gasteiger partial charge in [0.2, 0.25) is 5.91 Å². The van der Waals surface area contributed by atoms with E-state index in [4.69, 9.17) is 5.11 Å². The smallest absolute Gasteiger partial charge is 0.326 e. The molecule has 2 N–H and O–H groups in total. The standard InChI is InChI=1S/C15H21NO3S/c1-15(2,11-7-5-4-6-8-11)14(19)16-12(13(17)18)9-10-20-3/h4-8,12H,9-10H2,1-3H3,(H,16,19)(H,17,18)/t12-/m1/s1. The van der Waals surface area contributed by atoms with Gasteiger partial charge in [0.15, 0.2) is 0 Å². The van der Waals surface area contributed by atoms with Crippen molar-refractivity contribution in [1.29, 1.82) is 0 Å². The lowest BCUT2D eigenvalue weighted by molar-refractivity contribution is -0.142. The lowest BCUT2D eigenvalue weighted by Crippen LogP contribution is -2.48. The summed E-state index contributed by atoms with van der Waals surface area (Å²) in [6.45, 7) is 3.59. The molecule has 0 bridgehead atoms. The number of hydrogen-bond donors (Lipinski definition) is 2. The third-order valence-electron chi connectivity index (χ3n) is 3.28. The average molecular weight is 295 g/mol. The molecule has 0 unspecified atom stereocenters. The Morgan fingerprint density at radius 3 is 2.40 bits per heavy atom. The number of thioether (sulfide) groups is 1. The highest BCUT2D eigenvalue weighted by molar-refractivity contribution is 7.98. The third-order valence-corrected chi connectivity index (χ3v) is 3.92. The molecule has 0 aliphatic carbocycles. The number of aliphatic carboxylic acids is 1. The fourth-order valence-corrected chi connectivity index (χ4v) is 2.29. The van der Waals surface area contributed by atoms with Gasteiger partial charge >= 0.3 is 5.97 Å². The van der Waals surface area contributed by atoms with Crippen molar-refractivity contribution < 1.29 is 14.7 Å². The molecule has 0 saturated carbocycles. The molecule has 0 heterocycles. The predicted molar refractivity (Wildman–Crippen MR) is 82.0 cm³/mol. The first-order valence-electron chi connectivity index (χ1n) is 6.48. The third kappa shape index (κ3) is 4.27. The molecule has 1 atom stereocenters. The van der Waals surface area contributed by atoms with E-state index < -0.39 is 17.4 Å². The lowest BCUT2D eigenvalue weighted by atomic mass is 9.83. The number of benzene rings is 1. The Balaban J connectivity index is 2.80. The van der Waals surface area contributed by atoms with Crippen LogP contribution in [0.25, 0.3) is 0 Å². The molecule has 4 nitrogen and oxygen atoms in total. The maximum Gasteiger partial charge on any atom is 0.326 e. The Labute approximate surface area is 124 Å². The molecule has 5 heteroatoms. The van der Waals surface area contributed by atoms with Gasteiger partial charge in [0, 0.05) is 0 Å². The fourth-order valence-electron chi connectivity index (χ4n) is 1.82. The van der Waals surface area contributed by atoms with Crippen LogP contribution in [0.2, 0.25) is 0 Å². The lowest BCUT2D eigenvalue weighted by Gasteiger charge is -2.26. The summed E-state index contributed by atoms with van der Waals surface area (Å²) in [6, 6.07) is 8.53. The summed E-state index contributed by atoms with van der Waals surface area (Å²) in [5.74, 6) is -0.559. The number of amides is 1. The summed E-state index contributed by atoms with van der Waals surface area (Å²) in [5.41, 5.74) is 0.111. The van der Waals surface area contributed by atoms with Crippen LogP contribution in [0, 0.1) is 0 Å². The van der Waals surface area contributed by atoms with Crippen LogP contribution >= 0.6 is 11.8 Å². The second kappa shape index (κ2) is 7.33. The number of carbonyl (C=O) groups is 2. The second-order valence-corrected chi connectivity index (χ2v) is 6.12. The molecular weight excluding hydrogens is 274 g/mol. The zero-order chi connectivity index (χ0) is 15.2. The number of rotatable bonds is 7. The maximum absolute atomic E-state index is 12.4. The first-order chi connectivity index (χ1) is 9.39. The molecule has 1 rings (SSSR count). The zero-order valence-corrected chi connectivity index (χ0v) is 12.9. The minimum atomic E-state index is -0.990. The molecule has 0 aliphatic heterocycles. The van der Waals surface area contributed by atoms with Crippen molar-refractivity contribution in [2.75, 3.05) is 12.0 Å². The number of carboxylic acid groups (broad SMARTS) is 1. The summed E-state index contributed by atoms with van der Waals surface area (Å²) >= 11 is 1.56. The minimum absolute atomic E-state index is 0.266. The predicted octanol–water partition coefficient (Wildman–Crippen LogP) is 2.29. The van der Waals surface area contributed by atoms with E-state index in [0.29, 0.717) is 12.2 Å². The number of carboxylic acids is 1. The van der Waals surface area contributed by atoms with Crippen molar-refractivity contribution in [1.82, 2.24) is 5.32 Å².